The highest BCUT2D eigenvalue weighted by Crippen LogP contribution is 2.49. The molecule has 1 aliphatic carbocycles. The van der Waals surface area contributed by atoms with E-state index in [2.05, 4.69) is 10.2 Å². The zero-order valence-corrected chi connectivity index (χ0v) is 20.5. The lowest BCUT2D eigenvalue weighted by atomic mass is 9.95. The summed E-state index contributed by atoms with van der Waals surface area (Å²) in [6.07, 6.45) is -5.22. The number of benzene rings is 2. The first-order valence-electron chi connectivity index (χ1n) is 12.0. The number of esters is 1. The van der Waals surface area contributed by atoms with E-state index in [0.29, 0.717) is 28.5 Å². The molecule has 1 aromatic heterocycles. The largest absolute Gasteiger partial charge is 0.493 e. The fourth-order valence-corrected chi connectivity index (χ4v) is 4.75. The fraction of sp³-hybridized carbons (Fsp3) is 0.423. The number of halogens is 3. The Morgan fingerprint density at radius 3 is 2.54 bits per heavy atom. The van der Waals surface area contributed by atoms with Crippen molar-refractivity contribution in [1.29, 1.82) is 0 Å². The highest BCUT2D eigenvalue weighted by molar-refractivity contribution is 5.70. The van der Waals surface area contributed by atoms with E-state index in [-0.39, 0.29) is 24.5 Å². The highest BCUT2D eigenvalue weighted by Gasteiger charge is 2.44. The zero-order chi connectivity index (χ0) is 26.3. The van der Waals surface area contributed by atoms with Crippen LogP contribution in [0.1, 0.15) is 72.7 Å². The van der Waals surface area contributed by atoms with Gasteiger partial charge < -0.3 is 18.9 Å². The summed E-state index contributed by atoms with van der Waals surface area (Å²) in [7, 11) is 2.97. The van der Waals surface area contributed by atoms with Crippen molar-refractivity contribution >= 4 is 5.97 Å². The molecule has 37 heavy (non-hydrogen) atoms. The van der Waals surface area contributed by atoms with E-state index in [4.69, 9.17) is 18.9 Å². The van der Waals surface area contributed by atoms with Gasteiger partial charge in [0.15, 0.2) is 17.3 Å². The van der Waals surface area contributed by atoms with Crippen LogP contribution in [0.3, 0.4) is 0 Å². The van der Waals surface area contributed by atoms with Gasteiger partial charge in [-0.15, -0.1) is 10.2 Å². The number of aromatic nitrogens is 3. The van der Waals surface area contributed by atoms with Crippen LogP contribution in [0, 0.1) is 0 Å². The number of hydrogen-bond donors (Lipinski definition) is 0. The van der Waals surface area contributed by atoms with Crippen LogP contribution in [0.5, 0.6) is 11.5 Å². The van der Waals surface area contributed by atoms with Crippen molar-refractivity contribution in [3.63, 3.8) is 0 Å². The van der Waals surface area contributed by atoms with Crippen molar-refractivity contribution in [2.75, 3.05) is 20.8 Å². The second-order valence-electron chi connectivity index (χ2n) is 8.90. The van der Waals surface area contributed by atoms with Crippen LogP contribution in [-0.2, 0) is 20.4 Å². The van der Waals surface area contributed by atoms with E-state index in [1.807, 2.05) is 12.1 Å². The summed E-state index contributed by atoms with van der Waals surface area (Å²) >= 11 is 0. The minimum absolute atomic E-state index is 0.115. The van der Waals surface area contributed by atoms with E-state index < -0.39 is 30.2 Å². The maximum absolute atomic E-state index is 14.1. The first kappa shape index (κ1) is 25.1. The van der Waals surface area contributed by atoms with Gasteiger partial charge in [-0.3, -0.25) is 9.36 Å². The number of hydrogen-bond acceptors (Lipinski definition) is 7. The number of rotatable bonds is 7. The molecule has 196 valence electrons. The van der Waals surface area contributed by atoms with Gasteiger partial charge in [-0.1, -0.05) is 24.3 Å². The fourth-order valence-electron chi connectivity index (χ4n) is 4.75. The average Bonchev–Trinajstić information content (AvgIpc) is 3.64. The maximum Gasteiger partial charge on any atom is 0.452 e. The Kier molecular flexibility index (Phi) is 6.57. The lowest BCUT2D eigenvalue weighted by Gasteiger charge is -2.25. The smallest absolute Gasteiger partial charge is 0.452 e. The maximum atomic E-state index is 14.1. The SMILES string of the molecule is CCOC(=O)C[C@@H]1O[C@@H](c2cccc(OC)c2OC)c2cc(C3CC3)ccc2-n2c1nnc2C(F)(F)F. The first-order valence-corrected chi connectivity index (χ1v) is 12.0. The number of methoxy groups -OCH3 is 2. The van der Waals surface area contributed by atoms with Gasteiger partial charge in [-0.2, -0.15) is 13.2 Å². The quantitative estimate of drug-likeness (QED) is 0.394. The Balaban J connectivity index is 1.76. The molecule has 1 aliphatic heterocycles. The number of para-hydroxylation sites is 1. The minimum Gasteiger partial charge on any atom is -0.493 e. The predicted molar refractivity (Wildman–Crippen MR) is 125 cm³/mol. The summed E-state index contributed by atoms with van der Waals surface area (Å²) in [6.45, 7) is 1.76. The molecule has 5 rings (SSSR count). The molecule has 0 spiro atoms. The minimum atomic E-state index is -4.79. The summed E-state index contributed by atoms with van der Waals surface area (Å²) in [5.41, 5.74) is 2.24. The van der Waals surface area contributed by atoms with Crippen molar-refractivity contribution < 1.29 is 36.9 Å². The van der Waals surface area contributed by atoms with Gasteiger partial charge in [0.2, 0.25) is 5.82 Å². The Morgan fingerprint density at radius 2 is 1.89 bits per heavy atom. The van der Waals surface area contributed by atoms with Gasteiger partial charge in [0.1, 0.15) is 12.2 Å². The van der Waals surface area contributed by atoms with E-state index in [9.17, 15) is 18.0 Å². The molecule has 2 atom stereocenters. The molecule has 0 bridgehead atoms. The lowest BCUT2D eigenvalue weighted by Crippen LogP contribution is -2.18. The molecule has 0 amide bonds. The van der Waals surface area contributed by atoms with E-state index in [1.54, 1.807) is 31.2 Å². The van der Waals surface area contributed by atoms with Crippen LogP contribution in [0.25, 0.3) is 5.69 Å². The van der Waals surface area contributed by atoms with Crippen molar-refractivity contribution in [1.82, 2.24) is 14.8 Å². The molecule has 2 aliphatic rings. The molecular weight excluding hydrogens is 491 g/mol. The Morgan fingerprint density at radius 1 is 1.11 bits per heavy atom. The van der Waals surface area contributed by atoms with Gasteiger partial charge in [-0.25, -0.2) is 0 Å². The normalized spacial score (nSPS) is 19.0. The number of nitrogens with zero attached hydrogens (tertiary/aromatic N) is 3. The Hall–Kier alpha value is -3.60. The van der Waals surface area contributed by atoms with Gasteiger partial charge in [-0.05, 0) is 43.4 Å². The predicted octanol–water partition coefficient (Wildman–Crippen LogP) is 5.29. The molecule has 1 saturated carbocycles. The monoisotopic (exact) mass is 517 g/mol. The van der Waals surface area contributed by atoms with Crippen LogP contribution in [0.2, 0.25) is 0 Å². The standard InChI is InChI=1S/C26H26F3N3O5/c1-4-36-21(33)13-20-24-30-31-25(26(27,28)29)32(24)18-11-10-15(14-8-9-14)12-17(18)22(37-20)16-6-5-7-19(34-2)23(16)35-3/h5-7,10-12,14,20,22H,4,8-9,13H2,1-3H3/t20-,22-/m0/s1. The second kappa shape index (κ2) is 9.70. The van der Waals surface area contributed by atoms with Crippen LogP contribution in [0.15, 0.2) is 36.4 Å². The third-order valence-corrected chi connectivity index (χ3v) is 6.53. The topological polar surface area (TPSA) is 84.7 Å². The van der Waals surface area contributed by atoms with Crippen molar-refractivity contribution in [2.24, 2.45) is 0 Å². The van der Waals surface area contributed by atoms with Crippen LogP contribution in [0.4, 0.5) is 13.2 Å². The lowest BCUT2D eigenvalue weighted by molar-refractivity contribution is -0.147. The molecule has 0 N–H and O–H groups in total. The molecule has 0 radical (unpaired) electrons. The van der Waals surface area contributed by atoms with Crippen molar-refractivity contribution in [2.45, 2.75) is 50.5 Å². The van der Waals surface area contributed by atoms with Crippen molar-refractivity contribution in [3.05, 3.63) is 64.7 Å². The molecular formula is C26H26F3N3O5. The molecule has 11 heteroatoms. The number of alkyl halides is 3. The number of fused-ring (bicyclic) bond motifs is 3. The Bertz CT molecular complexity index is 1320. The molecule has 1 fully saturated rings. The number of carbonyl (C=O) groups is 1. The molecule has 0 saturated heterocycles. The van der Waals surface area contributed by atoms with Gasteiger partial charge >= 0.3 is 12.1 Å². The van der Waals surface area contributed by atoms with E-state index >= 15 is 0 Å². The van der Waals surface area contributed by atoms with Gasteiger partial charge in [0.05, 0.1) is 32.9 Å². The van der Waals surface area contributed by atoms with E-state index in [0.717, 1.165) is 23.0 Å². The van der Waals surface area contributed by atoms with Crippen LogP contribution in [-0.4, -0.2) is 41.6 Å². The summed E-state index contributed by atoms with van der Waals surface area (Å²) in [5.74, 6) is -0.814. The molecule has 2 aromatic carbocycles. The highest BCUT2D eigenvalue weighted by atomic mass is 19.4. The second-order valence-corrected chi connectivity index (χ2v) is 8.90. The average molecular weight is 518 g/mol. The first-order chi connectivity index (χ1) is 17.8. The summed E-state index contributed by atoms with van der Waals surface area (Å²) in [5, 5.41) is 7.31. The third kappa shape index (κ3) is 4.63. The zero-order valence-electron chi connectivity index (χ0n) is 20.5. The van der Waals surface area contributed by atoms with Crippen LogP contribution < -0.4 is 9.47 Å². The molecule has 8 nitrogen and oxygen atoms in total. The van der Waals surface area contributed by atoms with Gasteiger partial charge in [0, 0.05) is 11.1 Å². The van der Waals surface area contributed by atoms with Crippen molar-refractivity contribution in [3.8, 4) is 17.2 Å². The van der Waals surface area contributed by atoms with E-state index in [1.165, 1.54) is 14.2 Å². The Labute approximate surface area is 211 Å². The molecule has 2 heterocycles. The summed E-state index contributed by atoms with van der Waals surface area (Å²) < 4.78 is 65.9. The number of carbonyl (C=O) groups excluding carboxylic acids is 1. The summed E-state index contributed by atoms with van der Waals surface area (Å²) in [6, 6.07) is 10.6. The molecule has 0 unspecified atom stereocenters. The third-order valence-electron chi connectivity index (χ3n) is 6.53. The summed E-state index contributed by atoms with van der Waals surface area (Å²) in [4.78, 5) is 12.5. The van der Waals surface area contributed by atoms with Gasteiger partial charge in [0.25, 0.3) is 0 Å². The number of ether oxygens (including phenoxy) is 4. The van der Waals surface area contributed by atoms with Crippen LogP contribution >= 0.6 is 0 Å². The molecule has 3 aromatic rings.